The highest BCUT2D eigenvalue weighted by molar-refractivity contribution is 9.11. The second kappa shape index (κ2) is 5.88. The standard InChI is InChI=1S/C13H10Br2N2O3/c1-8-5-10(14)7-16(13(8)18)6-9-3-2-4-11(12(9)15)17(19)20/h2-5,7H,6H2,1H3. The van der Waals surface area contributed by atoms with Crippen molar-refractivity contribution in [1.82, 2.24) is 4.57 Å². The Bertz CT molecular complexity index is 741. The molecule has 20 heavy (non-hydrogen) atoms. The maximum absolute atomic E-state index is 12.0. The molecule has 2 aromatic rings. The predicted octanol–water partition coefficient (Wildman–Crippen LogP) is 3.64. The van der Waals surface area contributed by atoms with Crippen LogP contribution < -0.4 is 5.56 Å². The summed E-state index contributed by atoms with van der Waals surface area (Å²) < 4.78 is 2.70. The quantitative estimate of drug-likeness (QED) is 0.582. The van der Waals surface area contributed by atoms with E-state index in [1.54, 1.807) is 31.3 Å². The van der Waals surface area contributed by atoms with Gasteiger partial charge >= 0.3 is 0 Å². The van der Waals surface area contributed by atoms with E-state index in [1.165, 1.54) is 10.6 Å². The van der Waals surface area contributed by atoms with Crippen molar-refractivity contribution in [3.8, 4) is 0 Å². The van der Waals surface area contributed by atoms with Crippen molar-refractivity contribution in [3.63, 3.8) is 0 Å². The van der Waals surface area contributed by atoms with Gasteiger partial charge in [0.15, 0.2) is 0 Å². The molecule has 0 unspecified atom stereocenters. The van der Waals surface area contributed by atoms with Gasteiger partial charge in [0.05, 0.1) is 11.5 Å². The number of aromatic nitrogens is 1. The van der Waals surface area contributed by atoms with Gasteiger partial charge < -0.3 is 4.57 Å². The highest BCUT2D eigenvalue weighted by Crippen LogP contribution is 2.28. The lowest BCUT2D eigenvalue weighted by atomic mass is 10.2. The van der Waals surface area contributed by atoms with Crippen LogP contribution in [-0.2, 0) is 6.54 Å². The molecule has 0 spiro atoms. The van der Waals surface area contributed by atoms with Crippen LogP contribution >= 0.6 is 31.9 Å². The molecular formula is C13H10Br2N2O3. The summed E-state index contributed by atoms with van der Waals surface area (Å²) in [5.41, 5.74) is 1.16. The number of nitrogens with zero attached hydrogens (tertiary/aromatic N) is 2. The predicted molar refractivity (Wildman–Crippen MR) is 83.0 cm³/mol. The molecule has 104 valence electrons. The number of aryl methyl sites for hydroxylation is 1. The van der Waals surface area contributed by atoms with E-state index in [-0.39, 0.29) is 17.8 Å². The number of pyridine rings is 1. The van der Waals surface area contributed by atoms with Crippen LogP contribution in [0.5, 0.6) is 0 Å². The van der Waals surface area contributed by atoms with Crippen molar-refractivity contribution >= 4 is 37.5 Å². The van der Waals surface area contributed by atoms with Crippen molar-refractivity contribution < 1.29 is 4.92 Å². The van der Waals surface area contributed by atoms with Crippen LogP contribution in [0.3, 0.4) is 0 Å². The van der Waals surface area contributed by atoms with Crippen LogP contribution in [0, 0.1) is 17.0 Å². The van der Waals surface area contributed by atoms with Crippen molar-refractivity contribution in [3.05, 3.63) is 71.0 Å². The highest BCUT2D eigenvalue weighted by atomic mass is 79.9. The molecule has 0 fully saturated rings. The molecule has 1 heterocycles. The van der Waals surface area contributed by atoms with Crippen molar-refractivity contribution in [1.29, 1.82) is 0 Å². The molecule has 0 aliphatic heterocycles. The summed E-state index contributed by atoms with van der Waals surface area (Å²) in [6, 6.07) is 6.51. The van der Waals surface area contributed by atoms with Gasteiger partial charge in [0.1, 0.15) is 4.47 Å². The second-order valence-corrected chi connectivity index (χ2v) is 5.99. The van der Waals surface area contributed by atoms with Gasteiger partial charge in [0, 0.05) is 22.3 Å². The molecule has 1 aromatic heterocycles. The monoisotopic (exact) mass is 400 g/mol. The number of rotatable bonds is 3. The van der Waals surface area contributed by atoms with Crippen molar-refractivity contribution in [2.24, 2.45) is 0 Å². The number of nitro benzene ring substituents is 1. The summed E-state index contributed by atoms with van der Waals surface area (Å²) in [7, 11) is 0. The molecule has 0 amide bonds. The lowest BCUT2D eigenvalue weighted by molar-refractivity contribution is -0.385. The van der Waals surface area contributed by atoms with E-state index in [1.807, 2.05) is 0 Å². The number of hydrogen-bond acceptors (Lipinski definition) is 3. The molecule has 0 aliphatic carbocycles. The smallest absolute Gasteiger partial charge is 0.283 e. The van der Waals surface area contributed by atoms with Crippen molar-refractivity contribution in [2.45, 2.75) is 13.5 Å². The molecule has 0 atom stereocenters. The number of nitro groups is 1. The van der Waals surface area contributed by atoms with E-state index < -0.39 is 4.92 Å². The van der Waals surface area contributed by atoms with Crippen LogP contribution in [0.1, 0.15) is 11.1 Å². The van der Waals surface area contributed by atoms with Gasteiger partial charge in [0.25, 0.3) is 11.2 Å². The average Bonchev–Trinajstić information content (AvgIpc) is 2.37. The third kappa shape index (κ3) is 2.99. The summed E-state index contributed by atoms with van der Waals surface area (Å²) in [5.74, 6) is 0. The summed E-state index contributed by atoms with van der Waals surface area (Å²) in [6.07, 6.45) is 1.67. The lowest BCUT2D eigenvalue weighted by Gasteiger charge is -2.09. The van der Waals surface area contributed by atoms with Gasteiger partial charge in [-0.15, -0.1) is 0 Å². The molecule has 1 aromatic carbocycles. The van der Waals surface area contributed by atoms with Crippen LogP contribution in [0.2, 0.25) is 0 Å². The van der Waals surface area contributed by atoms with E-state index in [0.717, 1.165) is 4.47 Å². The summed E-state index contributed by atoms with van der Waals surface area (Å²) in [5, 5.41) is 10.9. The minimum Gasteiger partial charge on any atom is -0.310 e. The molecular weight excluding hydrogens is 392 g/mol. The zero-order chi connectivity index (χ0) is 14.9. The average molecular weight is 402 g/mol. The summed E-state index contributed by atoms with van der Waals surface area (Å²) >= 11 is 6.57. The van der Waals surface area contributed by atoms with Crippen LogP contribution in [0.15, 0.2) is 44.2 Å². The molecule has 0 N–H and O–H groups in total. The molecule has 2 rings (SSSR count). The van der Waals surface area contributed by atoms with E-state index in [2.05, 4.69) is 31.9 Å². The summed E-state index contributed by atoms with van der Waals surface area (Å²) in [6.45, 7) is 1.99. The number of halogens is 2. The molecule has 0 aliphatic rings. The Labute approximate surface area is 131 Å². The molecule has 0 bridgehead atoms. The van der Waals surface area contributed by atoms with Gasteiger partial charge in [-0.05, 0) is 50.4 Å². The van der Waals surface area contributed by atoms with E-state index in [9.17, 15) is 14.9 Å². The first-order valence-electron chi connectivity index (χ1n) is 5.68. The van der Waals surface area contributed by atoms with Gasteiger partial charge in [-0.3, -0.25) is 14.9 Å². The molecule has 5 nitrogen and oxygen atoms in total. The first-order valence-corrected chi connectivity index (χ1v) is 7.27. The van der Waals surface area contributed by atoms with Crippen molar-refractivity contribution in [2.75, 3.05) is 0 Å². The maximum atomic E-state index is 12.0. The summed E-state index contributed by atoms with van der Waals surface area (Å²) in [4.78, 5) is 22.5. The van der Waals surface area contributed by atoms with Gasteiger partial charge in [-0.1, -0.05) is 12.1 Å². The highest BCUT2D eigenvalue weighted by Gasteiger charge is 2.15. The first-order chi connectivity index (χ1) is 9.40. The Balaban J connectivity index is 2.48. The second-order valence-electron chi connectivity index (χ2n) is 4.28. The normalized spacial score (nSPS) is 10.6. The molecule has 0 saturated carbocycles. The fraction of sp³-hybridized carbons (Fsp3) is 0.154. The van der Waals surface area contributed by atoms with E-state index in [4.69, 9.17) is 0 Å². The third-order valence-corrected chi connectivity index (χ3v) is 4.18. The SMILES string of the molecule is Cc1cc(Br)cn(Cc2cccc([N+](=O)[O-])c2Br)c1=O. The zero-order valence-electron chi connectivity index (χ0n) is 10.5. The zero-order valence-corrected chi connectivity index (χ0v) is 13.6. The van der Waals surface area contributed by atoms with Crippen LogP contribution in [0.25, 0.3) is 0 Å². The maximum Gasteiger partial charge on any atom is 0.283 e. The topological polar surface area (TPSA) is 65.1 Å². The van der Waals surface area contributed by atoms with Crippen LogP contribution in [-0.4, -0.2) is 9.49 Å². The largest absolute Gasteiger partial charge is 0.310 e. The molecule has 0 saturated heterocycles. The molecule has 0 radical (unpaired) electrons. The van der Waals surface area contributed by atoms with Gasteiger partial charge in [-0.2, -0.15) is 0 Å². The Morgan fingerprint density at radius 2 is 2.05 bits per heavy atom. The Morgan fingerprint density at radius 3 is 2.70 bits per heavy atom. The number of hydrogen-bond donors (Lipinski definition) is 0. The van der Waals surface area contributed by atoms with Crippen LogP contribution in [0.4, 0.5) is 5.69 Å². The number of benzene rings is 1. The Morgan fingerprint density at radius 1 is 1.35 bits per heavy atom. The fourth-order valence-corrected chi connectivity index (χ4v) is 3.00. The lowest BCUT2D eigenvalue weighted by Crippen LogP contribution is -2.22. The Hall–Kier alpha value is -1.47. The van der Waals surface area contributed by atoms with E-state index >= 15 is 0 Å². The fourth-order valence-electron chi connectivity index (χ4n) is 1.87. The Kier molecular flexibility index (Phi) is 4.39. The third-order valence-electron chi connectivity index (χ3n) is 2.83. The van der Waals surface area contributed by atoms with Gasteiger partial charge in [0.2, 0.25) is 0 Å². The minimum atomic E-state index is -0.456. The first kappa shape index (κ1) is 14.9. The minimum absolute atomic E-state index is 0.0118. The van der Waals surface area contributed by atoms with E-state index in [0.29, 0.717) is 15.6 Å². The van der Waals surface area contributed by atoms with Gasteiger partial charge in [-0.25, -0.2) is 0 Å². The molecule has 7 heteroatoms.